The van der Waals surface area contributed by atoms with Crippen molar-refractivity contribution in [3.8, 4) is 11.1 Å². The highest BCUT2D eigenvalue weighted by molar-refractivity contribution is 6.07. The van der Waals surface area contributed by atoms with Gasteiger partial charge in [-0.2, -0.15) is 0 Å². The smallest absolute Gasteiger partial charge is 0.0610 e. The first-order chi connectivity index (χ1) is 7.93. The van der Waals surface area contributed by atoms with Crippen molar-refractivity contribution >= 4 is 10.8 Å². The molecular formula is C16H11+. The van der Waals surface area contributed by atoms with Gasteiger partial charge < -0.3 is 0 Å². The molecule has 4 rings (SSSR count). The van der Waals surface area contributed by atoms with E-state index in [2.05, 4.69) is 54.6 Å². The van der Waals surface area contributed by atoms with Gasteiger partial charge in [-0.3, -0.25) is 0 Å². The maximum absolute atomic E-state index is 2.30. The largest absolute Gasteiger partial charge is 0.114 e. The van der Waals surface area contributed by atoms with Gasteiger partial charge in [0.15, 0.2) is 0 Å². The second-order valence-corrected chi connectivity index (χ2v) is 4.47. The lowest BCUT2D eigenvalue weighted by Crippen LogP contribution is -1.78. The van der Waals surface area contributed by atoms with E-state index in [1.54, 1.807) is 0 Å². The predicted octanol–water partition coefficient (Wildman–Crippen LogP) is 4.13. The fraction of sp³-hybridized carbons (Fsp3) is 0.0625. The molecule has 0 heterocycles. The van der Waals surface area contributed by atoms with Gasteiger partial charge >= 0.3 is 0 Å². The lowest BCUT2D eigenvalue weighted by molar-refractivity contribution is 1.27. The monoisotopic (exact) mass is 203 g/mol. The van der Waals surface area contributed by atoms with Crippen LogP contribution in [0.25, 0.3) is 21.9 Å². The summed E-state index contributed by atoms with van der Waals surface area (Å²) in [6.07, 6.45) is 1.09. The first-order valence-electron chi connectivity index (χ1n) is 5.69. The molecule has 1 aromatic rings. The fourth-order valence-electron chi connectivity index (χ4n) is 2.88. The van der Waals surface area contributed by atoms with Crippen LogP contribution in [-0.2, 0) is 6.42 Å². The number of hydrogen-bond donors (Lipinski definition) is 0. The Morgan fingerprint density at radius 3 is 2.81 bits per heavy atom. The highest BCUT2D eigenvalue weighted by Gasteiger charge is 2.27. The minimum Gasteiger partial charge on any atom is -0.0610 e. The summed E-state index contributed by atoms with van der Waals surface area (Å²) in [5, 5.41) is 2.84. The Bertz CT molecular complexity index is 686. The molecule has 16 heavy (non-hydrogen) atoms. The second kappa shape index (κ2) is 2.79. The van der Waals surface area contributed by atoms with E-state index >= 15 is 0 Å². The van der Waals surface area contributed by atoms with Crippen LogP contribution in [-0.4, -0.2) is 0 Å². The van der Waals surface area contributed by atoms with Crippen molar-refractivity contribution in [1.29, 1.82) is 0 Å². The molecule has 0 nitrogen and oxygen atoms in total. The Balaban J connectivity index is 2.33. The minimum atomic E-state index is 1.09. The Kier molecular flexibility index (Phi) is 1.44. The molecule has 0 bridgehead atoms. The number of rotatable bonds is 0. The van der Waals surface area contributed by atoms with Crippen molar-refractivity contribution in [2.45, 2.75) is 6.42 Å². The van der Waals surface area contributed by atoms with E-state index in [0.29, 0.717) is 0 Å². The lowest BCUT2D eigenvalue weighted by atomic mass is 10.1. The van der Waals surface area contributed by atoms with Crippen LogP contribution in [0.15, 0.2) is 54.6 Å². The minimum absolute atomic E-state index is 1.09. The molecule has 74 valence electrons. The molecule has 0 fully saturated rings. The maximum Gasteiger partial charge on any atom is 0.114 e. The summed E-state index contributed by atoms with van der Waals surface area (Å²) < 4.78 is 0. The average molecular weight is 203 g/mol. The third kappa shape index (κ3) is 0.917. The lowest BCUT2D eigenvalue weighted by Gasteiger charge is -1.88. The molecule has 0 heteroatoms. The van der Waals surface area contributed by atoms with Gasteiger partial charge in [-0.25, -0.2) is 0 Å². The van der Waals surface area contributed by atoms with Crippen LogP contribution >= 0.6 is 0 Å². The molecule has 3 aliphatic rings. The van der Waals surface area contributed by atoms with E-state index in [1.165, 1.54) is 33.0 Å². The molecule has 0 spiro atoms. The van der Waals surface area contributed by atoms with Gasteiger partial charge in [0.1, 0.15) is 5.39 Å². The Morgan fingerprint density at radius 1 is 0.938 bits per heavy atom. The standard InChI is InChI=1S/C16H11/c1-2-6-12-10-14-8-4-3-7-13-9-11(5-1)15(12)16(13)14/h1-9H,10H2/q+1. The van der Waals surface area contributed by atoms with Gasteiger partial charge in [-0.1, -0.05) is 12.1 Å². The quantitative estimate of drug-likeness (QED) is 0.377. The number of hydrogen-bond acceptors (Lipinski definition) is 0. The SMILES string of the molecule is c1ccc2c3c4c(cccc[c+]4C2)cc-3c1. The second-order valence-electron chi connectivity index (χ2n) is 4.47. The molecule has 0 aromatic heterocycles. The van der Waals surface area contributed by atoms with Gasteiger partial charge in [0, 0.05) is 35.7 Å². The first kappa shape index (κ1) is 8.23. The fourth-order valence-corrected chi connectivity index (χ4v) is 2.88. The summed E-state index contributed by atoms with van der Waals surface area (Å²) in [5.41, 5.74) is 5.78. The summed E-state index contributed by atoms with van der Waals surface area (Å²) in [4.78, 5) is 0. The summed E-state index contributed by atoms with van der Waals surface area (Å²) in [6.45, 7) is 0. The molecule has 0 amide bonds. The van der Waals surface area contributed by atoms with E-state index in [9.17, 15) is 0 Å². The van der Waals surface area contributed by atoms with Crippen LogP contribution in [0.2, 0.25) is 0 Å². The molecule has 0 unspecified atom stereocenters. The molecule has 0 aliphatic heterocycles. The van der Waals surface area contributed by atoms with Crippen LogP contribution in [0.3, 0.4) is 0 Å². The normalized spacial score (nSPS) is 12.8. The third-order valence-electron chi connectivity index (χ3n) is 3.53. The maximum atomic E-state index is 2.30. The third-order valence-corrected chi connectivity index (χ3v) is 3.53. The first-order valence-corrected chi connectivity index (χ1v) is 5.69. The zero-order valence-corrected chi connectivity index (χ0v) is 8.90. The van der Waals surface area contributed by atoms with Crippen molar-refractivity contribution in [3.63, 3.8) is 0 Å². The van der Waals surface area contributed by atoms with Crippen molar-refractivity contribution in [2.24, 2.45) is 0 Å². The summed E-state index contributed by atoms with van der Waals surface area (Å²) in [7, 11) is 0. The van der Waals surface area contributed by atoms with E-state index in [1.807, 2.05) is 0 Å². The van der Waals surface area contributed by atoms with Crippen LogP contribution in [0.1, 0.15) is 11.1 Å². The molecule has 0 N–H and O–H groups in total. The van der Waals surface area contributed by atoms with Gasteiger partial charge in [0.2, 0.25) is 0 Å². The van der Waals surface area contributed by atoms with E-state index in [0.717, 1.165) is 6.42 Å². The summed E-state index contributed by atoms with van der Waals surface area (Å²) >= 11 is 0. The molecule has 0 saturated heterocycles. The summed E-state index contributed by atoms with van der Waals surface area (Å²) in [6, 6.07) is 19.8. The van der Waals surface area contributed by atoms with E-state index < -0.39 is 0 Å². The Labute approximate surface area is 94.5 Å². The zero-order valence-electron chi connectivity index (χ0n) is 8.90. The van der Waals surface area contributed by atoms with Crippen molar-refractivity contribution in [2.75, 3.05) is 0 Å². The van der Waals surface area contributed by atoms with E-state index in [-0.39, 0.29) is 0 Å². The molecule has 0 atom stereocenters. The molecule has 0 radical (unpaired) electrons. The van der Waals surface area contributed by atoms with Gasteiger partial charge in [0.25, 0.3) is 0 Å². The van der Waals surface area contributed by atoms with Crippen LogP contribution in [0.4, 0.5) is 0 Å². The molecular weight excluding hydrogens is 192 g/mol. The van der Waals surface area contributed by atoms with Gasteiger partial charge in [0.05, 0.1) is 16.5 Å². The van der Waals surface area contributed by atoms with Crippen LogP contribution in [0, 0.1) is 0 Å². The molecule has 0 saturated carbocycles. The Hall–Kier alpha value is -1.95. The van der Waals surface area contributed by atoms with Crippen molar-refractivity contribution in [1.82, 2.24) is 0 Å². The zero-order chi connectivity index (χ0) is 10.5. The van der Waals surface area contributed by atoms with Crippen LogP contribution < -0.4 is 0 Å². The highest BCUT2D eigenvalue weighted by Crippen LogP contribution is 2.43. The molecule has 3 aliphatic carbocycles. The molecule has 1 aromatic carbocycles. The highest BCUT2D eigenvalue weighted by atomic mass is 14.2. The Morgan fingerprint density at radius 2 is 1.81 bits per heavy atom. The average Bonchev–Trinajstić information content (AvgIpc) is 2.65. The van der Waals surface area contributed by atoms with Gasteiger partial charge in [-0.05, 0) is 24.3 Å². The van der Waals surface area contributed by atoms with Crippen LogP contribution in [0.5, 0.6) is 0 Å². The van der Waals surface area contributed by atoms with Gasteiger partial charge in [-0.15, -0.1) is 0 Å². The van der Waals surface area contributed by atoms with Crippen molar-refractivity contribution in [3.05, 3.63) is 65.7 Å². The van der Waals surface area contributed by atoms with E-state index in [4.69, 9.17) is 0 Å². The predicted molar refractivity (Wildman–Crippen MR) is 67.8 cm³/mol. The summed E-state index contributed by atoms with van der Waals surface area (Å²) in [5.74, 6) is 0. The topological polar surface area (TPSA) is 0 Å². The van der Waals surface area contributed by atoms with Crippen molar-refractivity contribution < 1.29 is 0 Å².